The molecule has 6 nitrogen and oxygen atoms in total. The quantitative estimate of drug-likeness (QED) is 0.409. The predicted octanol–water partition coefficient (Wildman–Crippen LogP) is 4.65. The van der Waals surface area contributed by atoms with Gasteiger partial charge in [-0.15, -0.1) is 0 Å². The number of hydrogen-bond donors (Lipinski definition) is 0. The van der Waals surface area contributed by atoms with Crippen molar-refractivity contribution in [3.63, 3.8) is 0 Å². The number of Topliss-reactive ketones (excluding diaryl/α,β-unsaturated/α-hetero) is 1. The molecule has 0 N–H and O–H groups in total. The van der Waals surface area contributed by atoms with Gasteiger partial charge in [-0.25, -0.2) is 9.78 Å². The highest BCUT2D eigenvalue weighted by Crippen LogP contribution is 2.24. The number of aryl methyl sites for hydroxylation is 3. The van der Waals surface area contributed by atoms with Crippen LogP contribution in [0.1, 0.15) is 55.9 Å². The largest absolute Gasteiger partial charge is 0.465 e. The Morgan fingerprint density at radius 2 is 1.68 bits per heavy atom. The van der Waals surface area contributed by atoms with Crippen LogP contribution in [0.25, 0.3) is 10.9 Å². The maximum Gasteiger partial charge on any atom is 0.340 e. The molecule has 0 unspecified atom stereocenters. The van der Waals surface area contributed by atoms with Gasteiger partial charge in [0.2, 0.25) is 0 Å². The van der Waals surface area contributed by atoms with Crippen LogP contribution < -0.4 is 0 Å². The van der Waals surface area contributed by atoms with Gasteiger partial charge in [-0.05, 0) is 49.6 Å². The molecular weight excluding hydrogens is 394 g/mol. The van der Waals surface area contributed by atoms with Crippen molar-refractivity contribution >= 4 is 28.6 Å². The standard InChI is InChI=1S/C25H25NO5/c1-15-9-10-18(13-16(15)2)22(27)11-12-23(28)31-14-21-24(25(29)30-4)17(3)19-7-5-6-8-20(19)26-21/h5-10,13H,11-12,14H2,1-4H3. The lowest BCUT2D eigenvalue weighted by Crippen LogP contribution is -2.14. The highest BCUT2D eigenvalue weighted by molar-refractivity contribution is 5.99. The molecule has 0 atom stereocenters. The first-order chi connectivity index (χ1) is 14.8. The third-order valence-corrected chi connectivity index (χ3v) is 5.37. The van der Waals surface area contributed by atoms with E-state index in [9.17, 15) is 14.4 Å². The minimum atomic E-state index is -0.535. The van der Waals surface area contributed by atoms with Crippen molar-refractivity contribution in [3.05, 3.63) is 76.0 Å². The summed E-state index contributed by atoms with van der Waals surface area (Å²) in [7, 11) is 1.30. The maximum atomic E-state index is 12.4. The van der Waals surface area contributed by atoms with Crippen molar-refractivity contribution in [3.8, 4) is 0 Å². The van der Waals surface area contributed by atoms with Crippen LogP contribution >= 0.6 is 0 Å². The van der Waals surface area contributed by atoms with Gasteiger partial charge in [0.25, 0.3) is 0 Å². The van der Waals surface area contributed by atoms with E-state index >= 15 is 0 Å². The Labute approximate surface area is 181 Å². The first kappa shape index (κ1) is 22.2. The Morgan fingerprint density at radius 1 is 0.935 bits per heavy atom. The van der Waals surface area contributed by atoms with Crippen molar-refractivity contribution in [2.45, 2.75) is 40.2 Å². The Kier molecular flexibility index (Phi) is 6.80. The number of ether oxygens (including phenoxy) is 2. The van der Waals surface area contributed by atoms with Gasteiger partial charge in [-0.3, -0.25) is 9.59 Å². The summed E-state index contributed by atoms with van der Waals surface area (Å²) in [6, 6.07) is 12.9. The number of benzene rings is 2. The van der Waals surface area contributed by atoms with Crippen LogP contribution in [-0.2, 0) is 20.9 Å². The summed E-state index contributed by atoms with van der Waals surface area (Å²) in [6.45, 7) is 5.56. The fourth-order valence-electron chi connectivity index (χ4n) is 3.41. The lowest BCUT2D eigenvalue weighted by molar-refractivity contribution is -0.145. The highest BCUT2D eigenvalue weighted by Gasteiger charge is 2.20. The van der Waals surface area contributed by atoms with Crippen molar-refractivity contribution in [1.82, 2.24) is 4.98 Å². The summed E-state index contributed by atoms with van der Waals surface area (Å²) < 4.78 is 10.2. The zero-order valence-corrected chi connectivity index (χ0v) is 18.2. The van der Waals surface area contributed by atoms with Crippen LogP contribution in [0.2, 0.25) is 0 Å². The van der Waals surface area contributed by atoms with Crippen molar-refractivity contribution in [2.75, 3.05) is 7.11 Å². The molecule has 2 aromatic carbocycles. The summed E-state index contributed by atoms with van der Waals surface area (Å²) in [6.07, 6.45) is 0.00124. The Bertz CT molecular complexity index is 1170. The topological polar surface area (TPSA) is 82.6 Å². The van der Waals surface area contributed by atoms with E-state index in [0.717, 1.165) is 16.5 Å². The molecule has 160 valence electrons. The molecule has 6 heteroatoms. The zero-order chi connectivity index (χ0) is 22.5. The van der Waals surface area contributed by atoms with Crippen LogP contribution in [0.4, 0.5) is 0 Å². The number of nitrogens with zero attached hydrogens (tertiary/aromatic N) is 1. The second kappa shape index (κ2) is 9.51. The number of methoxy groups -OCH3 is 1. The van der Waals surface area contributed by atoms with Gasteiger partial charge in [-0.2, -0.15) is 0 Å². The zero-order valence-electron chi connectivity index (χ0n) is 18.2. The van der Waals surface area contributed by atoms with Crippen LogP contribution in [0.15, 0.2) is 42.5 Å². The van der Waals surface area contributed by atoms with E-state index in [1.165, 1.54) is 7.11 Å². The summed E-state index contributed by atoms with van der Waals surface area (Å²) in [4.78, 5) is 41.4. The van der Waals surface area contributed by atoms with E-state index in [4.69, 9.17) is 9.47 Å². The number of ketones is 1. The minimum Gasteiger partial charge on any atom is -0.465 e. The van der Waals surface area contributed by atoms with Gasteiger partial charge >= 0.3 is 11.9 Å². The van der Waals surface area contributed by atoms with E-state index in [-0.39, 0.29) is 25.2 Å². The SMILES string of the molecule is COC(=O)c1c(COC(=O)CCC(=O)c2ccc(C)c(C)c2)nc2ccccc2c1C. The number of hydrogen-bond acceptors (Lipinski definition) is 6. The lowest BCUT2D eigenvalue weighted by Gasteiger charge is -2.13. The van der Waals surface area contributed by atoms with E-state index < -0.39 is 11.9 Å². The second-order valence-corrected chi connectivity index (χ2v) is 7.45. The van der Waals surface area contributed by atoms with Crippen molar-refractivity contribution < 1.29 is 23.9 Å². The molecule has 0 saturated heterocycles. The molecular formula is C25H25NO5. The molecule has 0 bridgehead atoms. The molecule has 0 aliphatic heterocycles. The van der Waals surface area contributed by atoms with Crippen LogP contribution in [-0.4, -0.2) is 29.8 Å². The Balaban J connectivity index is 1.70. The molecule has 3 aromatic rings. The van der Waals surface area contributed by atoms with Gasteiger partial charge in [0, 0.05) is 17.4 Å². The first-order valence-corrected chi connectivity index (χ1v) is 10.0. The van der Waals surface area contributed by atoms with Gasteiger partial charge in [0.05, 0.1) is 30.3 Å². The van der Waals surface area contributed by atoms with E-state index in [1.54, 1.807) is 6.07 Å². The summed E-state index contributed by atoms with van der Waals surface area (Å²) >= 11 is 0. The maximum absolute atomic E-state index is 12.4. The number of carbonyl (C=O) groups is 3. The van der Waals surface area contributed by atoms with Crippen molar-refractivity contribution in [2.24, 2.45) is 0 Å². The number of pyridine rings is 1. The molecule has 3 rings (SSSR count). The average Bonchev–Trinajstić information content (AvgIpc) is 2.77. The fourth-order valence-corrected chi connectivity index (χ4v) is 3.41. The van der Waals surface area contributed by atoms with E-state index in [0.29, 0.717) is 27.9 Å². The summed E-state index contributed by atoms with van der Waals surface area (Å²) in [5, 5.41) is 0.831. The average molecular weight is 419 g/mol. The number of carbonyl (C=O) groups excluding carboxylic acids is 3. The van der Waals surface area contributed by atoms with Gasteiger partial charge < -0.3 is 9.47 Å². The molecule has 31 heavy (non-hydrogen) atoms. The smallest absolute Gasteiger partial charge is 0.340 e. The molecule has 0 saturated carbocycles. The van der Waals surface area contributed by atoms with E-state index in [2.05, 4.69) is 4.98 Å². The highest BCUT2D eigenvalue weighted by atomic mass is 16.5. The normalized spacial score (nSPS) is 10.7. The molecule has 1 aromatic heterocycles. The third-order valence-electron chi connectivity index (χ3n) is 5.37. The summed E-state index contributed by atoms with van der Waals surface area (Å²) in [5.41, 5.74) is 4.75. The van der Waals surface area contributed by atoms with Crippen LogP contribution in [0.3, 0.4) is 0 Å². The fraction of sp³-hybridized carbons (Fsp3) is 0.280. The second-order valence-electron chi connectivity index (χ2n) is 7.45. The molecule has 0 aliphatic carbocycles. The van der Waals surface area contributed by atoms with Crippen LogP contribution in [0.5, 0.6) is 0 Å². The third kappa shape index (κ3) is 4.97. The molecule has 1 heterocycles. The number of esters is 2. The molecule has 0 amide bonds. The number of para-hydroxylation sites is 1. The molecule has 0 spiro atoms. The van der Waals surface area contributed by atoms with E-state index in [1.807, 2.05) is 57.2 Å². The van der Waals surface area contributed by atoms with Gasteiger partial charge in [0.15, 0.2) is 5.78 Å². The monoisotopic (exact) mass is 419 g/mol. The predicted molar refractivity (Wildman–Crippen MR) is 117 cm³/mol. The van der Waals surface area contributed by atoms with Gasteiger partial charge in [0.1, 0.15) is 6.61 Å². The summed E-state index contributed by atoms with van der Waals surface area (Å²) in [5.74, 6) is -1.18. The van der Waals surface area contributed by atoms with Crippen LogP contribution in [0, 0.1) is 20.8 Å². The first-order valence-electron chi connectivity index (χ1n) is 10.0. The van der Waals surface area contributed by atoms with Crippen molar-refractivity contribution in [1.29, 1.82) is 0 Å². The lowest BCUT2D eigenvalue weighted by atomic mass is 10.0. The number of rotatable bonds is 7. The van der Waals surface area contributed by atoms with Gasteiger partial charge in [-0.1, -0.05) is 30.3 Å². The molecule has 0 aliphatic rings. The number of fused-ring (bicyclic) bond motifs is 1. The number of aromatic nitrogens is 1. The molecule has 0 fully saturated rings. The Hall–Kier alpha value is -3.54. The molecule has 0 radical (unpaired) electrons. The minimum absolute atomic E-state index is 0.0497. The Morgan fingerprint density at radius 3 is 2.39 bits per heavy atom.